The van der Waals surface area contributed by atoms with Gasteiger partial charge in [-0.15, -0.1) is 0 Å². The van der Waals surface area contributed by atoms with Crippen LogP contribution < -0.4 is 10.2 Å². The molecule has 1 aromatic carbocycles. The minimum atomic E-state index is -0.509. The SMILES string of the molecule is COC(=O)c1ccc(Cl)c(NC(=O)c2ccc(N3CCOCC3)cn2)c1. The van der Waals surface area contributed by atoms with E-state index in [9.17, 15) is 9.59 Å². The molecule has 1 amide bonds. The highest BCUT2D eigenvalue weighted by atomic mass is 35.5. The molecule has 0 aliphatic carbocycles. The molecule has 3 rings (SSSR count). The summed E-state index contributed by atoms with van der Waals surface area (Å²) in [5, 5.41) is 2.99. The molecule has 1 saturated heterocycles. The molecule has 26 heavy (non-hydrogen) atoms. The Hall–Kier alpha value is -2.64. The number of methoxy groups -OCH3 is 1. The number of carbonyl (C=O) groups excluding carboxylic acids is 2. The second kappa shape index (κ2) is 8.16. The van der Waals surface area contributed by atoms with Crippen molar-refractivity contribution in [1.82, 2.24) is 4.98 Å². The number of ether oxygens (including phenoxy) is 2. The van der Waals surface area contributed by atoms with Crippen LogP contribution in [0.1, 0.15) is 20.8 Å². The quantitative estimate of drug-likeness (QED) is 0.827. The van der Waals surface area contributed by atoms with E-state index in [1.165, 1.54) is 25.3 Å². The van der Waals surface area contributed by atoms with Crippen molar-refractivity contribution < 1.29 is 19.1 Å². The normalized spacial score (nSPS) is 14.0. The Kier molecular flexibility index (Phi) is 5.70. The van der Waals surface area contributed by atoms with Crippen molar-refractivity contribution in [1.29, 1.82) is 0 Å². The number of esters is 1. The molecule has 8 heteroatoms. The molecule has 2 heterocycles. The van der Waals surface area contributed by atoms with E-state index in [0.29, 0.717) is 29.5 Å². The van der Waals surface area contributed by atoms with E-state index in [0.717, 1.165) is 18.8 Å². The van der Waals surface area contributed by atoms with Gasteiger partial charge in [0.05, 0.1) is 48.5 Å². The number of carbonyl (C=O) groups is 2. The van der Waals surface area contributed by atoms with E-state index in [1.54, 1.807) is 12.3 Å². The molecule has 1 aliphatic heterocycles. The number of benzene rings is 1. The third-order valence-electron chi connectivity index (χ3n) is 3.99. The summed E-state index contributed by atoms with van der Waals surface area (Å²) in [6.07, 6.45) is 1.66. The van der Waals surface area contributed by atoms with E-state index >= 15 is 0 Å². The Labute approximate surface area is 155 Å². The fourth-order valence-corrected chi connectivity index (χ4v) is 2.75. The highest BCUT2D eigenvalue weighted by Gasteiger charge is 2.15. The van der Waals surface area contributed by atoms with E-state index in [1.807, 2.05) is 6.07 Å². The van der Waals surface area contributed by atoms with Gasteiger partial charge in [0.25, 0.3) is 5.91 Å². The van der Waals surface area contributed by atoms with Crippen LogP contribution in [-0.2, 0) is 9.47 Å². The van der Waals surface area contributed by atoms with Gasteiger partial charge in [0.2, 0.25) is 0 Å². The monoisotopic (exact) mass is 375 g/mol. The number of pyridine rings is 1. The smallest absolute Gasteiger partial charge is 0.337 e. The minimum absolute atomic E-state index is 0.251. The van der Waals surface area contributed by atoms with Crippen molar-refractivity contribution in [3.63, 3.8) is 0 Å². The van der Waals surface area contributed by atoms with Crippen molar-refractivity contribution >= 4 is 34.9 Å². The Morgan fingerprint density at radius 3 is 2.65 bits per heavy atom. The summed E-state index contributed by atoms with van der Waals surface area (Å²) >= 11 is 6.10. The van der Waals surface area contributed by atoms with Crippen LogP contribution >= 0.6 is 11.6 Å². The summed E-state index contributed by atoms with van der Waals surface area (Å²) in [6, 6.07) is 8.02. The van der Waals surface area contributed by atoms with Gasteiger partial charge in [-0.1, -0.05) is 11.6 Å². The van der Waals surface area contributed by atoms with Gasteiger partial charge < -0.3 is 19.7 Å². The highest BCUT2D eigenvalue weighted by Crippen LogP contribution is 2.24. The van der Waals surface area contributed by atoms with Crippen molar-refractivity contribution in [2.45, 2.75) is 0 Å². The first-order chi connectivity index (χ1) is 12.6. The molecule has 0 bridgehead atoms. The molecule has 2 aromatic rings. The molecule has 7 nitrogen and oxygen atoms in total. The van der Waals surface area contributed by atoms with Crippen LogP contribution in [-0.4, -0.2) is 50.3 Å². The minimum Gasteiger partial charge on any atom is -0.465 e. The van der Waals surface area contributed by atoms with E-state index < -0.39 is 11.9 Å². The topological polar surface area (TPSA) is 80.8 Å². The molecule has 1 fully saturated rings. The number of amides is 1. The number of nitrogens with one attached hydrogen (secondary N) is 1. The van der Waals surface area contributed by atoms with Gasteiger partial charge in [-0.25, -0.2) is 9.78 Å². The maximum atomic E-state index is 12.4. The van der Waals surface area contributed by atoms with Crippen LogP contribution in [0.2, 0.25) is 5.02 Å². The molecule has 0 saturated carbocycles. The van der Waals surface area contributed by atoms with Gasteiger partial charge in [0, 0.05) is 13.1 Å². The lowest BCUT2D eigenvalue weighted by molar-refractivity contribution is 0.0600. The third kappa shape index (κ3) is 4.12. The lowest BCUT2D eigenvalue weighted by atomic mass is 10.2. The first-order valence-electron chi connectivity index (χ1n) is 8.06. The van der Waals surface area contributed by atoms with Crippen molar-refractivity contribution in [2.24, 2.45) is 0 Å². The summed E-state index contributed by atoms with van der Waals surface area (Å²) in [7, 11) is 1.29. The molecule has 0 atom stereocenters. The zero-order valence-electron chi connectivity index (χ0n) is 14.2. The Bertz CT molecular complexity index is 805. The van der Waals surface area contributed by atoms with Crippen LogP contribution in [0, 0.1) is 0 Å². The Morgan fingerprint density at radius 1 is 1.23 bits per heavy atom. The van der Waals surface area contributed by atoms with Gasteiger partial charge >= 0.3 is 5.97 Å². The molecule has 0 spiro atoms. The number of morpholine rings is 1. The molecule has 1 N–H and O–H groups in total. The predicted octanol–water partition coefficient (Wildman–Crippen LogP) is 2.61. The number of rotatable bonds is 4. The molecule has 0 unspecified atom stereocenters. The van der Waals surface area contributed by atoms with E-state index in [2.05, 4.69) is 19.9 Å². The standard InChI is InChI=1S/C18H18ClN3O4/c1-25-18(24)12-2-4-14(19)16(10-12)21-17(23)15-5-3-13(11-20-15)22-6-8-26-9-7-22/h2-5,10-11H,6-9H2,1H3,(H,21,23). The predicted molar refractivity (Wildman–Crippen MR) is 98.0 cm³/mol. The van der Waals surface area contributed by atoms with Crippen LogP contribution in [0.3, 0.4) is 0 Å². The number of anilines is 2. The maximum Gasteiger partial charge on any atom is 0.337 e. The summed E-state index contributed by atoms with van der Waals surface area (Å²) < 4.78 is 9.99. The zero-order valence-corrected chi connectivity index (χ0v) is 15.0. The second-order valence-corrected chi connectivity index (χ2v) is 6.05. The van der Waals surface area contributed by atoms with Crippen molar-refractivity contribution in [3.8, 4) is 0 Å². The van der Waals surface area contributed by atoms with Crippen molar-refractivity contribution in [2.75, 3.05) is 43.6 Å². The van der Waals surface area contributed by atoms with Crippen LogP contribution in [0.25, 0.3) is 0 Å². The third-order valence-corrected chi connectivity index (χ3v) is 4.32. The van der Waals surface area contributed by atoms with Gasteiger partial charge in [-0.05, 0) is 30.3 Å². The highest BCUT2D eigenvalue weighted by molar-refractivity contribution is 6.34. The summed E-state index contributed by atoms with van der Waals surface area (Å²) in [5.74, 6) is -0.924. The molecule has 1 aliphatic rings. The first-order valence-corrected chi connectivity index (χ1v) is 8.44. The first kappa shape index (κ1) is 18.2. The van der Waals surface area contributed by atoms with E-state index in [-0.39, 0.29) is 5.69 Å². The van der Waals surface area contributed by atoms with Crippen molar-refractivity contribution in [3.05, 3.63) is 52.8 Å². The number of aromatic nitrogens is 1. The fourth-order valence-electron chi connectivity index (χ4n) is 2.58. The number of nitrogens with zero attached hydrogens (tertiary/aromatic N) is 2. The Morgan fingerprint density at radius 2 is 2.00 bits per heavy atom. The largest absolute Gasteiger partial charge is 0.465 e. The maximum absolute atomic E-state index is 12.4. The fraction of sp³-hybridized carbons (Fsp3) is 0.278. The van der Waals surface area contributed by atoms with Gasteiger partial charge in [-0.2, -0.15) is 0 Å². The molecule has 136 valence electrons. The number of halogens is 1. The molecular formula is C18H18ClN3O4. The number of hydrogen-bond acceptors (Lipinski definition) is 6. The summed E-state index contributed by atoms with van der Waals surface area (Å²) in [6.45, 7) is 2.95. The summed E-state index contributed by atoms with van der Waals surface area (Å²) in [4.78, 5) is 30.4. The Balaban J connectivity index is 1.72. The summed E-state index contributed by atoms with van der Waals surface area (Å²) in [5.41, 5.74) is 1.80. The van der Waals surface area contributed by atoms with E-state index in [4.69, 9.17) is 16.3 Å². The molecular weight excluding hydrogens is 358 g/mol. The molecule has 0 radical (unpaired) electrons. The lowest BCUT2D eigenvalue weighted by Crippen LogP contribution is -2.36. The average molecular weight is 376 g/mol. The van der Waals surface area contributed by atoms with Gasteiger partial charge in [0.15, 0.2) is 0 Å². The van der Waals surface area contributed by atoms with Gasteiger partial charge in [-0.3, -0.25) is 4.79 Å². The van der Waals surface area contributed by atoms with Crippen LogP contribution in [0.4, 0.5) is 11.4 Å². The van der Waals surface area contributed by atoms with Crippen LogP contribution in [0.5, 0.6) is 0 Å². The average Bonchev–Trinajstić information content (AvgIpc) is 2.69. The lowest BCUT2D eigenvalue weighted by Gasteiger charge is -2.28. The zero-order chi connectivity index (χ0) is 18.5. The van der Waals surface area contributed by atoms with Crippen LogP contribution in [0.15, 0.2) is 36.5 Å². The second-order valence-electron chi connectivity index (χ2n) is 5.64. The number of hydrogen-bond donors (Lipinski definition) is 1. The molecule has 1 aromatic heterocycles. The van der Waals surface area contributed by atoms with Gasteiger partial charge in [0.1, 0.15) is 5.69 Å².